The number of nitrogen functional groups attached to an aromatic ring is 1. The van der Waals surface area contributed by atoms with Crippen LogP contribution in [0.3, 0.4) is 0 Å². The highest BCUT2D eigenvalue weighted by Crippen LogP contribution is 2.19. The van der Waals surface area contributed by atoms with Crippen LogP contribution in [0.2, 0.25) is 0 Å². The maximum Gasteiger partial charge on any atom is 0.233 e. The van der Waals surface area contributed by atoms with E-state index in [-0.39, 0.29) is 18.3 Å². The van der Waals surface area contributed by atoms with Gasteiger partial charge < -0.3 is 15.5 Å². The second kappa shape index (κ2) is 8.75. The fourth-order valence-electron chi connectivity index (χ4n) is 2.46. The van der Waals surface area contributed by atoms with Gasteiger partial charge in [0.2, 0.25) is 11.1 Å². The molecule has 0 saturated heterocycles. The summed E-state index contributed by atoms with van der Waals surface area (Å²) >= 11 is 1.28. The molecule has 0 unspecified atom stereocenters. The van der Waals surface area contributed by atoms with Crippen LogP contribution in [0.1, 0.15) is 30.8 Å². The van der Waals surface area contributed by atoms with E-state index in [1.165, 1.54) is 16.4 Å². The van der Waals surface area contributed by atoms with Crippen LogP contribution in [-0.2, 0) is 11.4 Å². The van der Waals surface area contributed by atoms with Crippen molar-refractivity contribution in [3.63, 3.8) is 0 Å². The number of ether oxygens (including phenoxy) is 1. The predicted molar refractivity (Wildman–Crippen MR) is 99.1 cm³/mol. The van der Waals surface area contributed by atoms with Gasteiger partial charge in [-0.15, -0.1) is 10.2 Å². The molecule has 0 spiro atoms. The van der Waals surface area contributed by atoms with Crippen molar-refractivity contribution in [3.05, 3.63) is 35.2 Å². The van der Waals surface area contributed by atoms with E-state index < -0.39 is 0 Å². The van der Waals surface area contributed by atoms with E-state index in [0.717, 1.165) is 16.9 Å². The zero-order valence-corrected chi connectivity index (χ0v) is 16.0. The monoisotopic (exact) mass is 363 g/mol. The fourth-order valence-corrected chi connectivity index (χ4v) is 3.24. The first-order valence-corrected chi connectivity index (χ1v) is 9.24. The number of carbonyl (C=O) groups excluding carboxylic acids is 1. The molecule has 1 aromatic carbocycles. The summed E-state index contributed by atoms with van der Waals surface area (Å²) < 4.78 is 7.14. The van der Waals surface area contributed by atoms with Gasteiger partial charge in [0.25, 0.3) is 0 Å². The Kier molecular flexibility index (Phi) is 6.69. The fraction of sp³-hybridized carbons (Fsp3) is 0.471. The summed E-state index contributed by atoms with van der Waals surface area (Å²) in [6.45, 7) is 9.57. The highest BCUT2D eigenvalue weighted by molar-refractivity contribution is 7.99. The Morgan fingerprint density at radius 1 is 1.20 bits per heavy atom. The number of hydrogen-bond acceptors (Lipinski definition) is 6. The Balaban J connectivity index is 1.95. The summed E-state index contributed by atoms with van der Waals surface area (Å²) in [6.07, 6.45) is 0. The normalized spacial score (nSPS) is 10.7. The molecule has 8 heteroatoms. The van der Waals surface area contributed by atoms with Crippen LogP contribution in [0, 0.1) is 13.8 Å². The smallest absolute Gasteiger partial charge is 0.233 e. The van der Waals surface area contributed by atoms with Crippen LogP contribution in [0.5, 0.6) is 5.75 Å². The summed E-state index contributed by atoms with van der Waals surface area (Å²) in [7, 11) is 0. The van der Waals surface area contributed by atoms with Gasteiger partial charge in [-0.05, 0) is 51.0 Å². The maximum atomic E-state index is 12.1. The number of thioether (sulfide) groups is 1. The Morgan fingerprint density at radius 2 is 1.84 bits per heavy atom. The lowest BCUT2D eigenvalue weighted by molar-refractivity contribution is -0.127. The number of nitrogens with zero attached hydrogens (tertiary/aromatic N) is 4. The quantitative estimate of drug-likeness (QED) is 0.571. The molecule has 0 atom stereocenters. The molecule has 0 aliphatic rings. The third-order valence-corrected chi connectivity index (χ3v) is 4.67. The van der Waals surface area contributed by atoms with Gasteiger partial charge in [-0.3, -0.25) is 4.79 Å². The molecule has 136 valence electrons. The zero-order valence-electron chi connectivity index (χ0n) is 15.2. The summed E-state index contributed by atoms with van der Waals surface area (Å²) in [5.41, 5.74) is 2.27. The van der Waals surface area contributed by atoms with E-state index in [2.05, 4.69) is 16.3 Å². The van der Waals surface area contributed by atoms with Crippen molar-refractivity contribution >= 4 is 17.7 Å². The molecule has 1 amide bonds. The SMILES string of the molecule is CCN(CC)C(=O)CSc1nnc(COc2cc(C)cc(C)c2)n1N. The molecule has 0 saturated carbocycles. The van der Waals surface area contributed by atoms with Crippen LogP contribution in [0.15, 0.2) is 23.4 Å². The second-order valence-corrected chi connectivity index (χ2v) is 6.68. The number of amides is 1. The lowest BCUT2D eigenvalue weighted by Crippen LogP contribution is -2.32. The first-order valence-electron chi connectivity index (χ1n) is 8.25. The number of aryl methyl sites for hydroxylation is 2. The van der Waals surface area contributed by atoms with Gasteiger partial charge in [0.15, 0.2) is 5.82 Å². The van der Waals surface area contributed by atoms with Crippen molar-refractivity contribution in [3.8, 4) is 5.75 Å². The van der Waals surface area contributed by atoms with Crippen molar-refractivity contribution < 1.29 is 9.53 Å². The standard InChI is InChI=1S/C17H25N5O2S/c1-5-21(6-2)16(23)11-25-17-20-19-15(22(17)18)10-24-14-8-12(3)7-13(4)9-14/h7-9H,5-6,10-11,18H2,1-4H3. The van der Waals surface area contributed by atoms with Gasteiger partial charge in [-0.25, -0.2) is 4.68 Å². The van der Waals surface area contributed by atoms with Crippen LogP contribution < -0.4 is 10.6 Å². The Bertz CT molecular complexity index is 708. The van der Waals surface area contributed by atoms with Crippen LogP contribution in [-0.4, -0.2) is 44.5 Å². The molecule has 0 aliphatic carbocycles. The first-order chi connectivity index (χ1) is 11.9. The summed E-state index contributed by atoms with van der Waals surface area (Å²) in [5.74, 6) is 7.65. The minimum absolute atomic E-state index is 0.0611. The van der Waals surface area contributed by atoms with Gasteiger partial charge in [-0.1, -0.05) is 17.8 Å². The number of aromatic nitrogens is 3. The van der Waals surface area contributed by atoms with Crippen molar-refractivity contribution in [2.24, 2.45) is 0 Å². The number of nitrogens with two attached hydrogens (primary N) is 1. The number of benzene rings is 1. The van der Waals surface area contributed by atoms with E-state index in [0.29, 0.717) is 24.1 Å². The molecular weight excluding hydrogens is 338 g/mol. The first kappa shape index (κ1) is 19.1. The molecule has 0 aliphatic heterocycles. The van der Waals surface area contributed by atoms with Gasteiger partial charge in [0, 0.05) is 13.1 Å². The molecule has 1 heterocycles. The molecule has 2 N–H and O–H groups in total. The summed E-state index contributed by atoms with van der Waals surface area (Å²) in [5, 5.41) is 8.60. The van der Waals surface area contributed by atoms with Crippen molar-refractivity contribution in [1.82, 2.24) is 19.8 Å². The number of rotatable bonds is 8. The van der Waals surface area contributed by atoms with E-state index in [1.807, 2.05) is 39.8 Å². The molecule has 1 aromatic heterocycles. The third-order valence-electron chi connectivity index (χ3n) is 3.74. The third kappa shape index (κ3) is 5.12. The van der Waals surface area contributed by atoms with Gasteiger partial charge in [-0.2, -0.15) is 0 Å². The minimum Gasteiger partial charge on any atom is -0.486 e. The average Bonchev–Trinajstić information content (AvgIpc) is 2.91. The molecule has 0 bridgehead atoms. The lowest BCUT2D eigenvalue weighted by Gasteiger charge is -2.17. The maximum absolute atomic E-state index is 12.1. The molecular formula is C17H25N5O2S. The van der Waals surface area contributed by atoms with Crippen molar-refractivity contribution in [2.45, 2.75) is 39.5 Å². The van der Waals surface area contributed by atoms with Gasteiger partial charge >= 0.3 is 0 Å². The van der Waals surface area contributed by atoms with Gasteiger partial charge in [0.05, 0.1) is 5.75 Å². The number of carbonyl (C=O) groups is 1. The molecule has 7 nitrogen and oxygen atoms in total. The largest absolute Gasteiger partial charge is 0.486 e. The molecule has 0 radical (unpaired) electrons. The van der Waals surface area contributed by atoms with E-state index in [1.54, 1.807) is 4.90 Å². The molecule has 2 rings (SSSR count). The highest BCUT2D eigenvalue weighted by Gasteiger charge is 2.15. The van der Waals surface area contributed by atoms with Crippen molar-refractivity contribution in [1.29, 1.82) is 0 Å². The Morgan fingerprint density at radius 3 is 2.44 bits per heavy atom. The second-order valence-electron chi connectivity index (χ2n) is 5.74. The predicted octanol–water partition coefficient (Wildman–Crippen LogP) is 2.15. The Hall–Kier alpha value is -2.22. The van der Waals surface area contributed by atoms with Crippen LogP contribution in [0.25, 0.3) is 0 Å². The van der Waals surface area contributed by atoms with E-state index in [9.17, 15) is 4.79 Å². The summed E-state index contributed by atoms with van der Waals surface area (Å²) in [6, 6.07) is 6.01. The topological polar surface area (TPSA) is 86.3 Å². The van der Waals surface area contributed by atoms with E-state index in [4.69, 9.17) is 10.6 Å². The average molecular weight is 363 g/mol. The van der Waals surface area contributed by atoms with E-state index >= 15 is 0 Å². The minimum atomic E-state index is 0.0611. The van der Waals surface area contributed by atoms with Crippen LogP contribution >= 0.6 is 11.8 Å². The zero-order chi connectivity index (χ0) is 18.4. The lowest BCUT2D eigenvalue weighted by atomic mass is 10.1. The summed E-state index contributed by atoms with van der Waals surface area (Å²) in [4.78, 5) is 13.8. The molecule has 25 heavy (non-hydrogen) atoms. The molecule has 0 fully saturated rings. The Labute approximate surface area is 152 Å². The number of hydrogen-bond donors (Lipinski definition) is 1. The van der Waals surface area contributed by atoms with Gasteiger partial charge in [0.1, 0.15) is 12.4 Å². The van der Waals surface area contributed by atoms with Crippen molar-refractivity contribution in [2.75, 3.05) is 24.7 Å². The molecule has 2 aromatic rings. The van der Waals surface area contributed by atoms with Crippen LogP contribution in [0.4, 0.5) is 0 Å². The highest BCUT2D eigenvalue weighted by atomic mass is 32.2.